The summed E-state index contributed by atoms with van der Waals surface area (Å²) in [7, 11) is 0. The third-order valence-corrected chi connectivity index (χ3v) is 2.18. The van der Waals surface area contributed by atoms with Crippen molar-refractivity contribution in [2.75, 3.05) is 13.2 Å². The molecule has 0 radical (unpaired) electrons. The molecular formula is C17H36O3. The molecule has 0 amide bonds. The molecule has 0 rings (SSSR count). The van der Waals surface area contributed by atoms with Crippen LogP contribution in [0.5, 0.6) is 0 Å². The highest BCUT2D eigenvalue weighted by molar-refractivity contribution is 5.65. The molecule has 0 aliphatic heterocycles. The summed E-state index contributed by atoms with van der Waals surface area (Å²) in [5.41, 5.74) is 0. The molecule has 0 saturated carbocycles. The predicted octanol–water partition coefficient (Wildman–Crippen LogP) is 4.45. The van der Waals surface area contributed by atoms with Gasteiger partial charge in [0.1, 0.15) is 0 Å². The summed E-state index contributed by atoms with van der Waals surface area (Å²) in [6.07, 6.45) is 3.81. The van der Waals surface area contributed by atoms with Gasteiger partial charge in [-0.3, -0.25) is 4.79 Å². The van der Waals surface area contributed by atoms with Crippen molar-refractivity contribution in [3.8, 4) is 0 Å². The first-order valence-electron chi connectivity index (χ1n) is 7.54. The second-order valence-corrected chi connectivity index (χ2v) is 5.91. The lowest BCUT2D eigenvalue weighted by Crippen LogP contribution is -2.02. The Bertz CT molecular complexity index is 208. The summed E-state index contributed by atoms with van der Waals surface area (Å²) in [5.74, 6) is 1.73. The van der Waals surface area contributed by atoms with Gasteiger partial charge in [0, 0.05) is 13.5 Å². The Labute approximate surface area is 126 Å². The molecule has 0 aliphatic carbocycles. The molecular weight excluding hydrogens is 252 g/mol. The van der Waals surface area contributed by atoms with Gasteiger partial charge >= 0.3 is 5.97 Å². The Morgan fingerprint density at radius 2 is 1.50 bits per heavy atom. The van der Waals surface area contributed by atoms with Crippen molar-refractivity contribution >= 4 is 5.97 Å². The molecule has 0 aromatic rings. The average Bonchev–Trinajstić information content (AvgIpc) is 2.29. The first kappa shape index (κ1) is 24.2. The van der Waals surface area contributed by atoms with Gasteiger partial charge in [0.25, 0.3) is 0 Å². The van der Waals surface area contributed by atoms with Crippen LogP contribution < -0.4 is 0 Å². The molecule has 0 bridgehead atoms. The summed E-state index contributed by atoms with van der Waals surface area (Å²) in [4.78, 5) is 10.2. The molecule has 3 nitrogen and oxygen atoms in total. The predicted molar refractivity (Wildman–Crippen MR) is 87.7 cm³/mol. The van der Waals surface area contributed by atoms with Crippen LogP contribution in [0.1, 0.15) is 61.3 Å². The number of ether oxygens (including phenoxy) is 1. The molecule has 0 aliphatic rings. The molecule has 20 heavy (non-hydrogen) atoms. The molecule has 0 atom stereocenters. The smallest absolute Gasteiger partial charge is 0.302 e. The van der Waals surface area contributed by atoms with E-state index in [-0.39, 0.29) is 5.97 Å². The zero-order valence-corrected chi connectivity index (χ0v) is 14.6. The van der Waals surface area contributed by atoms with E-state index in [2.05, 4.69) is 48.1 Å². The van der Waals surface area contributed by atoms with Crippen molar-refractivity contribution in [1.82, 2.24) is 0 Å². The van der Waals surface area contributed by atoms with Gasteiger partial charge in [-0.05, 0) is 30.6 Å². The van der Waals surface area contributed by atoms with Gasteiger partial charge in [-0.15, -0.1) is 6.58 Å². The Morgan fingerprint density at radius 3 is 1.65 bits per heavy atom. The highest BCUT2D eigenvalue weighted by Gasteiger charge is 1.95. The molecule has 0 saturated heterocycles. The maximum Gasteiger partial charge on any atom is 0.302 e. The Balaban J connectivity index is -0.000000230. The van der Waals surface area contributed by atoms with Crippen molar-refractivity contribution < 1.29 is 14.6 Å². The fourth-order valence-electron chi connectivity index (χ4n) is 0.697. The van der Waals surface area contributed by atoms with Crippen molar-refractivity contribution in [3.63, 3.8) is 0 Å². The van der Waals surface area contributed by atoms with E-state index in [1.807, 2.05) is 6.08 Å². The average molecular weight is 288 g/mol. The number of carbonyl (C=O) groups is 1. The topological polar surface area (TPSA) is 46.5 Å². The molecule has 1 N–H and O–H groups in total. The number of aliphatic hydroxyl groups is 1. The van der Waals surface area contributed by atoms with Crippen LogP contribution in [0.4, 0.5) is 0 Å². The molecule has 0 unspecified atom stereocenters. The van der Waals surface area contributed by atoms with Crippen molar-refractivity contribution in [3.05, 3.63) is 12.7 Å². The summed E-state index contributed by atoms with van der Waals surface area (Å²) >= 11 is 0. The van der Waals surface area contributed by atoms with E-state index in [0.29, 0.717) is 31.0 Å². The van der Waals surface area contributed by atoms with Gasteiger partial charge in [-0.1, -0.05) is 47.6 Å². The van der Waals surface area contributed by atoms with Crippen molar-refractivity contribution in [2.24, 2.45) is 17.8 Å². The molecule has 0 aromatic carbocycles. The molecule has 122 valence electrons. The number of esters is 1. The highest BCUT2D eigenvalue weighted by atomic mass is 16.5. The monoisotopic (exact) mass is 288 g/mol. The number of rotatable bonds is 6. The maximum atomic E-state index is 10.2. The van der Waals surface area contributed by atoms with E-state index in [1.54, 1.807) is 0 Å². The third kappa shape index (κ3) is 43.4. The van der Waals surface area contributed by atoms with Gasteiger partial charge in [0.2, 0.25) is 0 Å². The highest BCUT2D eigenvalue weighted by Crippen LogP contribution is 1.98. The Morgan fingerprint density at radius 1 is 1.10 bits per heavy atom. The first-order chi connectivity index (χ1) is 9.17. The minimum atomic E-state index is -0.185. The minimum Gasteiger partial charge on any atom is -0.466 e. The standard InChI is InChI=1S/C7H14O2.C5H12O.C5H10/c1-6(2)4-5-9-7(3)8;1-5(2)3-4-6;1-4-5(2)3/h6H,4-5H2,1-3H3;5-6H,3-4H2,1-2H3;4-5H,1H2,2-3H3. The van der Waals surface area contributed by atoms with Crippen LogP contribution in [0.15, 0.2) is 12.7 Å². The van der Waals surface area contributed by atoms with Gasteiger partial charge in [0.05, 0.1) is 6.61 Å². The summed E-state index contributed by atoms with van der Waals surface area (Å²) in [5, 5.41) is 8.24. The van der Waals surface area contributed by atoms with E-state index in [1.165, 1.54) is 6.92 Å². The SMILES string of the molecule is C=CC(C)C.CC(=O)OCCC(C)C.CC(C)CCO. The van der Waals surface area contributed by atoms with Gasteiger partial charge < -0.3 is 9.84 Å². The number of allylic oxidation sites excluding steroid dienone is 1. The van der Waals surface area contributed by atoms with E-state index < -0.39 is 0 Å². The molecule has 0 heterocycles. The van der Waals surface area contributed by atoms with Crippen molar-refractivity contribution in [1.29, 1.82) is 0 Å². The maximum absolute atomic E-state index is 10.2. The fourth-order valence-corrected chi connectivity index (χ4v) is 0.697. The Hall–Kier alpha value is -0.830. The fraction of sp³-hybridized carbons (Fsp3) is 0.824. The van der Waals surface area contributed by atoms with E-state index in [0.717, 1.165) is 12.8 Å². The number of hydrogen-bond donors (Lipinski definition) is 1. The zero-order valence-electron chi connectivity index (χ0n) is 14.6. The van der Waals surface area contributed by atoms with E-state index >= 15 is 0 Å². The molecule has 3 heteroatoms. The van der Waals surface area contributed by atoms with Crippen LogP contribution in [0.3, 0.4) is 0 Å². The largest absolute Gasteiger partial charge is 0.466 e. The molecule has 0 fully saturated rings. The second kappa shape index (κ2) is 18.2. The quantitative estimate of drug-likeness (QED) is 0.580. The van der Waals surface area contributed by atoms with Gasteiger partial charge in [-0.25, -0.2) is 0 Å². The number of carbonyl (C=O) groups excluding carboxylic acids is 1. The lowest BCUT2D eigenvalue weighted by molar-refractivity contribution is -0.141. The number of hydrogen-bond acceptors (Lipinski definition) is 3. The van der Waals surface area contributed by atoms with E-state index in [4.69, 9.17) is 9.84 Å². The Kier molecular flexibility index (Phi) is 22.0. The minimum absolute atomic E-state index is 0.185. The first-order valence-corrected chi connectivity index (χ1v) is 7.54. The second-order valence-electron chi connectivity index (χ2n) is 5.91. The lowest BCUT2D eigenvalue weighted by atomic mass is 10.1. The van der Waals surface area contributed by atoms with E-state index in [9.17, 15) is 4.79 Å². The normalized spacial score (nSPS) is 9.55. The number of aliphatic hydroxyl groups excluding tert-OH is 1. The zero-order chi connectivity index (χ0) is 16.6. The van der Waals surface area contributed by atoms with Crippen LogP contribution in [-0.4, -0.2) is 24.3 Å². The van der Waals surface area contributed by atoms with Gasteiger partial charge in [0.15, 0.2) is 0 Å². The summed E-state index contributed by atoms with van der Waals surface area (Å²) in [6, 6.07) is 0. The summed E-state index contributed by atoms with van der Waals surface area (Å²) in [6.45, 7) is 18.5. The van der Waals surface area contributed by atoms with Crippen LogP contribution >= 0.6 is 0 Å². The third-order valence-electron chi connectivity index (χ3n) is 2.18. The van der Waals surface area contributed by atoms with Crippen molar-refractivity contribution in [2.45, 2.75) is 61.3 Å². The van der Waals surface area contributed by atoms with Crippen LogP contribution in [0.2, 0.25) is 0 Å². The van der Waals surface area contributed by atoms with Crippen LogP contribution in [0, 0.1) is 17.8 Å². The molecule has 0 aromatic heterocycles. The van der Waals surface area contributed by atoms with Crippen LogP contribution in [-0.2, 0) is 9.53 Å². The summed E-state index contributed by atoms with van der Waals surface area (Å²) < 4.78 is 4.71. The molecule has 0 spiro atoms. The van der Waals surface area contributed by atoms with Crippen LogP contribution in [0.25, 0.3) is 0 Å². The van der Waals surface area contributed by atoms with Gasteiger partial charge in [-0.2, -0.15) is 0 Å². The lowest BCUT2D eigenvalue weighted by Gasteiger charge is -2.02.